The van der Waals surface area contributed by atoms with E-state index in [9.17, 15) is 9.59 Å². The van der Waals surface area contributed by atoms with Crippen molar-refractivity contribution in [2.45, 2.75) is 13.8 Å². The SMILES string of the molecule is C/C=C/C(=O)N(CC)CC(=O)O. The molecule has 0 bridgehead atoms. The van der Waals surface area contributed by atoms with Crippen LogP contribution in [0.2, 0.25) is 0 Å². The Bertz CT molecular complexity index is 198. The third-order valence-electron chi connectivity index (χ3n) is 1.33. The van der Waals surface area contributed by atoms with E-state index in [1.807, 2.05) is 0 Å². The molecule has 0 fully saturated rings. The summed E-state index contributed by atoms with van der Waals surface area (Å²) in [7, 11) is 0. The Morgan fingerprint density at radius 3 is 2.42 bits per heavy atom. The zero-order chi connectivity index (χ0) is 9.56. The molecule has 0 radical (unpaired) electrons. The highest BCUT2D eigenvalue weighted by molar-refractivity contribution is 5.89. The maximum atomic E-state index is 11.1. The Morgan fingerprint density at radius 1 is 1.50 bits per heavy atom. The van der Waals surface area contributed by atoms with Crippen LogP contribution in [-0.4, -0.2) is 35.0 Å². The zero-order valence-electron chi connectivity index (χ0n) is 7.28. The summed E-state index contributed by atoms with van der Waals surface area (Å²) < 4.78 is 0. The minimum atomic E-state index is -0.991. The molecule has 0 aliphatic rings. The Kier molecular flexibility index (Phi) is 4.76. The molecule has 1 amide bonds. The van der Waals surface area contributed by atoms with Crippen molar-refractivity contribution in [3.8, 4) is 0 Å². The highest BCUT2D eigenvalue weighted by Crippen LogP contribution is 1.90. The van der Waals surface area contributed by atoms with Crippen LogP contribution in [0.1, 0.15) is 13.8 Å². The van der Waals surface area contributed by atoms with E-state index in [1.165, 1.54) is 11.0 Å². The molecule has 0 rings (SSSR count). The zero-order valence-corrected chi connectivity index (χ0v) is 7.28. The van der Waals surface area contributed by atoms with Crippen molar-refractivity contribution in [2.75, 3.05) is 13.1 Å². The van der Waals surface area contributed by atoms with Crippen molar-refractivity contribution in [2.24, 2.45) is 0 Å². The number of rotatable bonds is 4. The number of nitrogens with zero attached hydrogens (tertiary/aromatic N) is 1. The lowest BCUT2D eigenvalue weighted by Gasteiger charge is -2.15. The van der Waals surface area contributed by atoms with Crippen LogP contribution in [-0.2, 0) is 9.59 Å². The maximum absolute atomic E-state index is 11.1. The van der Waals surface area contributed by atoms with E-state index in [4.69, 9.17) is 5.11 Å². The van der Waals surface area contributed by atoms with Gasteiger partial charge >= 0.3 is 5.97 Å². The molecule has 0 aromatic carbocycles. The molecule has 0 aliphatic carbocycles. The van der Waals surface area contributed by atoms with Gasteiger partial charge in [-0.3, -0.25) is 9.59 Å². The molecule has 4 nitrogen and oxygen atoms in total. The van der Waals surface area contributed by atoms with Gasteiger partial charge in [0, 0.05) is 6.54 Å². The number of aliphatic carboxylic acids is 1. The second kappa shape index (κ2) is 5.35. The van der Waals surface area contributed by atoms with Gasteiger partial charge in [0.25, 0.3) is 0 Å². The monoisotopic (exact) mass is 171 g/mol. The van der Waals surface area contributed by atoms with Gasteiger partial charge in [0.1, 0.15) is 6.54 Å². The molecular weight excluding hydrogens is 158 g/mol. The Hall–Kier alpha value is -1.32. The first-order valence-electron chi connectivity index (χ1n) is 3.75. The Morgan fingerprint density at radius 2 is 2.08 bits per heavy atom. The Balaban J connectivity index is 4.14. The van der Waals surface area contributed by atoms with Gasteiger partial charge in [-0.15, -0.1) is 0 Å². The molecule has 0 atom stereocenters. The van der Waals surface area contributed by atoms with E-state index >= 15 is 0 Å². The molecule has 0 unspecified atom stereocenters. The predicted molar refractivity (Wildman–Crippen MR) is 44.7 cm³/mol. The number of likely N-dealkylation sites (N-methyl/N-ethyl adjacent to an activating group) is 1. The van der Waals surface area contributed by atoms with Crippen LogP contribution < -0.4 is 0 Å². The average Bonchev–Trinajstić information content (AvgIpc) is 2.00. The molecule has 0 saturated heterocycles. The van der Waals surface area contributed by atoms with Crippen molar-refractivity contribution in [3.05, 3.63) is 12.2 Å². The first kappa shape index (κ1) is 10.7. The van der Waals surface area contributed by atoms with E-state index in [1.54, 1.807) is 19.9 Å². The van der Waals surface area contributed by atoms with Crippen LogP contribution in [0.15, 0.2) is 12.2 Å². The van der Waals surface area contributed by atoms with Crippen LogP contribution in [0.4, 0.5) is 0 Å². The summed E-state index contributed by atoms with van der Waals surface area (Å²) in [6.45, 7) is 3.63. The second-order valence-corrected chi connectivity index (χ2v) is 2.25. The van der Waals surface area contributed by atoms with Crippen LogP contribution in [0, 0.1) is 0 Å². The first-order valence-corrected chi connectivity index (χ1v) is 3.75. The number of carboxylic acids is 1. The summed E-state index contributed by atoms with van der Waals surface area (Å²) >= 11 is 0. The van der Waals surface area contributed by atoms with E-state index in [0.29, 0.717) is 6.54 Å². The highest BCUT2D eigenvalue weighted by atomic mass is 16.4. The smallest absolute Gasteiger partial charge is 0.323 e. The molecule has 0 aromatic rings. The normalized spacial score (nSPS) is 10.2. The van der Waals surface area contributed by atoms with Gasteiger partial charge in [-0.05, 0) is 19.9 Å². The summed E-state index contributed by atoms with van der Waals surface area (Å²) in [5.74, 6) is -1.25. The number of amides is 1. The number of carbonyl (C=O) groups is 2. The van der Waals surface area contributed by atoms with Crippen LogP contribution in [0.25, 0.3) is 0 Å². The van der Waals surface area contributed by atoms with Crippen molar-refractivity contribution in [3.63, 3.8) is 0 Å². The lowest BCUT2D eigenvalue weighted by atomic mass is 10.4. The van der Waals surface area contributed by atoms with Crippen LogP contribution in [0.5, 0.6) is 0 Å². The summed E-state index contributed by atoms with van der Waals surface area (Å²) in [5, 5.41) is 8.41. The lowest BCUT2D eigenvalue weighted by molar-refractivity contribution is -0.142. The standard InChI is InChI=1S/C8H13NO3/c1-3-5-7(10)9(4-2)6-8(11)12/h3,5H,4,6H2,1-2H3,(H,11,12)/b5-3+. The van der Waals surface area contributed by atoms with Crippen LogP contribution >= 0.6 is 0 Å². The van der Waals surface area contributed by atoms with Gasteiger partial charge in [-0.1, -0.05) is 6.08 Å². The molecule has 12 heavy (non-hydrogen) atoms. The van der Waals surface area contributed by atoms with Gasteiger partial charge in [0.2, 0.25) is 5.91 Å². The topological polar surface area (TPSA) is 57.6 Å². The molecule has 0 spiro atoms. The summed E-state index contributed by atoms with van der Waals surface area (Å²) in [5.41, 5.74) is 0. The van der Waals surface area contributed by atoms with E-state index < -0.39 is 5.97 Å². The van der Waals surface area contributed by atoms with Gasteiger partial charge in [0.05, 0.1) is 0 Å². The second-order valence-electron chi connectivity index (χ2n) is 2.25. The molecular formula is C8H13NO3. The largest absolute Gasteiger partial charge is 0.480 e. The van der Waals surface area contributed by atoms with Crippen molar-refractivity contribution in [1.29, 1.82) is 0 Å². The fraction of sp³-hybridized carbons (Fsp3) is 0.500. The number of hydrogen-bond donors (Lipinski definition) is 1. The molecule has 68 valence electrons. The third-order valence-corrected chi connectivity index (χ3v) is 1.33. The minimum Gasteiger partial charge on any atom is -0.480 e. The van der Waals surface area contributed by atoms with E-state index in [0.717, 1.165) is 0 Å². The highest BCUT2D eigenvalue weighted by Gasteiger charge is 2.10. The van der Waals surface area contributed by atoms with E-state index in [2.05, 4.69) is 0 Å². The summed E-state index contributed by atoms with van der Waals surface area (Å²) in [6, 6.07) is 0. The molecule has 0 aliphatic heterocycles. The fourth-order valence-electron chi connectivity index (χ4n) is 0.757. The quantitative estimate of drug-likeness (QED) is 0.626. The summed E-state index contributed by atoms with van der Waals surface area (Å²) in [4.78, 5) is 22.6. The van der Waals surface area contributed by atoms with Gasteiger partial charge in [-0.2, -0.15) is 0 Å². The number of carboxylic acid groups (broad SMARTS) is 1. The average molecular weight is 171 g/mol. The van der Waals surface area contributed by atoms with Gasteiger partial charge in [-0.25, -0.2) is 0 Å². The molecule has 0 aromatic heterocycles. The predicted octanol–water partition coefficient (Wildman–Crippen LogP) is 0.496. The number of carbonyl (C=O) groups excluding carboxylic acids is 1. The van der Waals surface area contributed by atoms with Crippen molar-refractivity contribution < 1.29 is 14.7 Å². The lowest BCUT2D eigenvalue weighted by Crippen LogP contribution is -2.34. The molecule has 4 heteroatoms. The fourth-order valence-corrected chi connectivity index (χ4v) is 0.757. The minimum absolute atomic E-state index is 0.236. The molecule has 0 heterocycles. The summed E-state index contributed by atoms with van der Waals surface area (Å²) in [6.07, 6.45) is 2.94. The first-order chi connectivity index (χ1) is 5.61. The van der Waals surface area contributed by atoms with Gasteiger partial charge in [0.15, 0.2) is 0 Å². The van der Waals surface area contributed by atoms with Crippen molar-refractivity contribution in [1.82, 2.24) is 4.90 Å². The third kappa shape index (κ3) is 3.75. The number of hydrogen-bond acceptors (Lipinski definition) is 2. The number of allylic oxidation sites excluding steroid dienone is 1. The van der Waals surface area contributed by atoms with Crippen molar-refractivity contribution >= 4 is 11.9 Å². The molecule has 1 N–H and O–H groups in total. The Labute approximate surface area is 71.5 Å². The van der Waals surface area contributed by atoms with Crippen LogP contribution in [0.3, 0.4) is 0 Å². The molecule has 0 saturated carbocycles. The van der Waals surface area contributed by atoms with E-state index in [-0.39, 0.29) is 12.5 Å². The van der Waals surface area contributed by atoms with Gasteiger partial charge < -0.3 is 10.0 Å². The maximum Gasteiger partial charge on any atom is 0.323 e.